The van der Waals surface area contributed by atoms with Crippen LogP contribution in [-0.2, 0) is 6.42 Å². The van der Waals surface area contributed by atoms with Crippen LogP contribution in [0.2, 0.25) is 0 Å². The first-order chi connectivity index (χ1) is 14.3. The number of hydrogen-bond donors (Lipinski definition) is 2. The first-order valence-corrected chi connectivity index (χ1v) is 8.95. The van der Waals surface area contributed by atoms with Crippen LogP contribution in [0, 0.1) is 10.1 Å². The molecular formula is C22H17NO7. The predicted molar refractivity (Wildman–Crippen MR) is 107 cm³/mol. The van der Waals surface area contributed by atoms with Gasteiger partial charge in [0.2, 0.25) is 0 Å². The summed E-state index contributed by atoms with van der Waals surface area (Å²) in [7, 11) is 0. The number of phenolic OH excluding ortho intramolecular Hbond substituents is 2. The van der Waals surface area contributed by atoms with Crippen LogP contribution in [0.4, 0.5) is 5.69 Å². The monoisotopic (exact) mass is 407 g/mol. The maximum atomic E-state index is 12.7. The quantitative estimate of drug-likeness (QED) is 0.199. The third kappa shape index (κ3) is 4.79. The highest BCUT2D eigenvalue weighted by atomic mass is 16.6. The average Bonchev–Trinajstić information content (AvgIpc) is 2.72. The molecule has 152 valence electrons. The summed E-state index contributed by atoms with van der Waals surface area (Å²) in [6, 6.07) is 15.9. The molecule has 8 heteroatoms. The van der Waals surface area contributed by atoms with Gasteiger partial charge in [-0.1, -0.05) is 30.3 Å². The molecule has 30 heavy (non-hydrogen) atoms. The van der Waals surface area contributed by atoms with Crippen LogP contribution >= 0.6 is 0 Å². The van der Waals surface area contributed by atoms with Crippen molar-refractivity contribution in [3.8, 4) is 17.2 Å². The second kappa shape index (κ2) is 8.87. The number of aromatic hydroxyl groups is 2. The van der Waals surface area contributed by atoms with Gasteiger partial charge < -0.3 is 14.9 Å². The molecule has 0 saturated carbocycles. The fraction of sp³-hybridized carbons (Fsp3) is 0.0909. The van der Waals surface area contributed by atoms with Crippen LogP contribution in [-0.4, -0.2) is 26.9 Å². The Balaban J connectivity index is 1.79. The number of benzene rings is 3. The van der Waals surface area contributed by atoms with Crippen molar-refractivity contribution in [1.82, 2.24) is 0 Å². The van der Waals surface area contributed by atoms with Crippen LogP contribution < -0.4 is 4.74 Å². The summed E-state index contributed by atoms with van der Waals surface area (Å²) in [5.74, 6) is -2.39. The minimum Gasteiger partial charge on any atom is -0.508 e. The van der Waals surface area contributed by atoms with E-state index in [1.807, 2.05) is 0 Å². The molecule has 0 heterocycles. The van der Waals surface area contributed by atoms with E-state index in [2.05, 4.69) is 0 Å². The van der Waals surface area contributed by atoms with Gasteiger partial charge >= 0.3 is 5.97 Å². The fourth-order valence-corrected chi connectivity index (χ4v) is 2.85. The maximum Gasteiger partial charge on any atom is 0.343 e. The van der Waals surface area contributed by atoms with Crippen molar-refractivity contribution in [1.29, 1.82) is 0 Å². The standard InChI is InChI=1S/C22H17NO7/c24-17-12-19(26)21(20(13-17)30-22(27)15-4-2-1-3-5-15)18(25)11-8-14-6-9-16(10-7-14)23(28)29/h1-7,9-10,12-13,24,26H,8,11H2. The summed E-state index contributed by atoms with van der Waals surface area (Å²) in [5.41, 5.74) is 0.648. The third-order valence-corrected chi connectivity index (χ3v) is 4.34. The van der Waals surface area contributed by atoms with Gasteiger partial charge in [-0.2, -0.15) is 0 Å². The van der Waals surface area contributed by atoms with Crippen LogP contribution in [0.5, 0.6) is 17.2 Å². The van der Waals surface area contributed by atoms with Gasteiger partial charge in [-0.3, -0.25) is 14.9 Å². The van der Waals surface area contributed by atoms with Crippen LogP contribution in [0.3, 0.4) is 0 Å². The number of carbonyl (C=O) groups excluding carboxylic acids is 2. The zero-order valence-electron chi connectivity index (χ0n) is 15.6. The summed E-state index contributed by atoms with van der Waals surface area (Å²) in [5, 5.41) is 30.6. The molecule has 3 aromatic rings. The third-order valence-electron chi connectivity index (χ3n) is 4.34. The Morgan fingerprint density at radius 3 is 2.27 bits per heavy atom. The number of non-ortho nitro benzene ring substituents is 1. The molecule has 0 fully saturated rings. The molecule has 2 N–H and O–H groups in total. The summed E-state index contributed by atoms with van der Waals surface area (Å²) in [6.07, 6.45) is 0.204. The zero-order chi connectivity index (χ0) is 21.7. The lowest BCUT2D eigenvalue weighted by Gasteiger charge is -2.12. The number of ketones is 1. The lowest BCUT2D eigenvalue weighted by Crippen LogP contribution is -2.12. The van der Waals surface area contributed by atoms with Gasteiger partial charge in [0.1, 0.15) is 22.8 Å². The molecule has 0 saturated heterocycles. The Hall–Kier alpha value is -4.20. The number of Topliss-reactive ketones (excluding diaryl/α,β-unsaturated/α-hetero) is 1. The second-order valence-electron chi connectivity index (χ2n) is 6.44. The highest BCUT2D eigenvalue weighted by Gasteiger charge is 2.22. The van der Waals surface area contributed by atoms with E-state index in [9.17, 15) is 29.9 Å². The molecular weight excluding hydrogens is 390 g/mol. The van der Waals surface area contributed by atoms with Gasteiger partial charge in [0.05, 0.1) is 10.5 Å². The predicted octanol–water partition coefficient (Wildman–Crippen LogP) is 4.04. The normalized spacial score (nSPS) is 10.4. The molecule has 0 amide bonds. The number of ether oxygens (including phenoxy) is 1. The molecule has 0 aromatic heterocycles. The molecule has 0 bridgehead atoms. The molecule has 8 nitrogen and oxygen atoms in total. The van der Waals surface area contributed by atoms with E-state index in [0.717, 1.165) is 12.1 Å². The van der Waals surface area contributed by atoms with E-state index in [1.54, 1.807) is 30.3 Å². The van der Waals surface area contributed by atoms with Gasteiger partial charge in [0, 0.05) is 30.7 Å². The van der Waals surface area contributed by atoms with Crippen molar-refractivity contribution < 1.29 is 29.5 Å². The van der Waals surface area contributed by atoms with Crippen LogP contribution in [0.25, 0.3) is 0 Å². The van der Waals surface area contributed by atoms with E-state index in [-0.39, 0.29) is 41.2 Å². The molecule has 0 unspecified atom stereocenters. The van der Waals surface area contributed by atoms with E-state index < -0.39 is 22.4 Å². The van der Waals surface area contributed by atoms with Crippen LogP contribution in [0.1, 0.15) is 32.7 Å². The highest BCUT2D eigenvalue weighted by molar-refractivity contribution is 6.03. The van der Waals surface area contributed by atoms with Crippen LogP contribution in [0.15, 0.2) is 66.7 Å². The fourth-order valence-electron chi connectivity index (χ4n) is 2.85. The SMILES string of the molecule is O=C(Oc1cc(O)cc(O)c1C(=O)CCc1ccc([N+](=O)[O-])cc1)c1ccccc1. The highest BCUT2D eigenvalue weighted by Crippen LogP contribution is 2.34. The zero-order valence-corrected chi connectivity index (χ0v) is 15.6. The van der Waals surface area contributed by atoms with Crippen molar-refractivity contribution in [3.05, 3.63) is 93.5 Å². The molecule has 3 aromatic carbocycles. The van der Waals surface area contributed by atoms with Crippen molar-refractivity contribution in [2.75, 3.05) is 0 Å². The molecule has 0 aliphatic rings. The second-order valence-corrected chi connectivity index (χ2v) is 6.44. The molecule has 0 aliphatic heterocycles. The molecule has 0 spiro atoms. The van der Waals surface area contributed by atoms with Gasteiger partial charge in [0.25, 0.3) is 5.69 Å². The lowest BCUT2D eigenvalue weighted by molar-refractivity contribution is -0.384. The van der Waals surface area contributed by atoms with Crippen molar-refractivity contribution in [3.63, 3.8) is 0 Å². The molecule has 0 radical (unpaired) electrons. The number of aryl methyl sites for hydroxylation is 1. The van der Waals surface area contributed by atoms with Gasteiger partial charge in [-0.15, -0.1) is 0 Å². The van der Waals surface area contributed by atoms with Gasteiger partial charge in [-0.25, -0.2) is 4.79 Å². The maximum absolute atomic E-state index is 12.7. The van der Waals surface area contributed by atoms with E-state index in [0.29, 0.717) is 5.56 Å². The lowest BCUT2D eigenvalue weighted by atomic mass is 10.0. The van der Waals surface area contributed by atoms with Crippen molar-refractivity contribution in [2.45, 2.75) is 12.8 Å². The minimum absolute atomic E-state index is 0.0496. The Morgan fingerprint density at radius 2 is 1.63 bits per heavy atom. The van der Waals surface area contributed by atoms with Gasteiger partial charge in [0.15, 0.2) is 5.78 Å². The number of nitro groups is 1. The average molecular weight is 407 g/mol. The van der Waals surface area contributed by atoms with E-state index in [1.165, 1.54) is 24.3 Å². The van der Waals surface area contributed by atoms with E-state index in [4.69, 9.17) is 4.74 Å². The Kier molecular flexibility index (Phi) is 6.07. The molecule has 0 aliphatic carbocycles. The Labute approximate surface area is 171 Å². The van der Waals surface area contributed by atoms with E-state index >= 15 is 0 Å². The molecule has 3 rings (SSSR count). The molecule has 0 atom stereocenters. The number of carbonyl (C=O) groups is 2. The summed E-state index contributed by atoms with van der Waals surface area (Å²) >= 11 is 0. The topological polar surface area (TPSA) is 127 Å². The Bertz CT molecular complexity index is 1090. The Morgan fingerprint density at radius 1 is 0.967 bits per heavy atom. The number of hydrogen-bond acceptors (Lipinski definition) is 7. The summed E-state index contributed by atoms with van der Waals surface area (Å²) < 4.78 is 5.25. The van der Waals surface area contributed by atoms with Crippen molar-refractivity contribution >= 4 is 17.4 Å². The van der Waals surface area contributed by atoms with Gasteiger partial charge in [-0.05, 0) is 24.1 Å². The first-order valence-electron chi connectivity index (χ1n) is 8.95. The largest absolute Gasteiger partial charge is 0.508 e. The number of phenols is 2. The summed E-state index contributed by atoms with van der Waals surface area (Å²) in [4.78, 5) is 35.3. The number of nitro benzene ring substituents is 1. The number of esters is 1. The smallest absolute Gasteiger partial charge is 0.343 e. The van der Waals surface area contributed by atoms with Crippen molar-refractivity contribution in [2.24, 2.45) is 0 Å². The summed E-state index contributed by atoms with van der Waals surface area (Å²) in [6.45, 7) is 0. The number of nitrogens with zero attached hydrogens (tertiary/aromatic N) is 1. The number of rotatable bonds is 7. The first kappa shape index (κ1) is 20.5. The minimum atomic E-state index is -0.745.